The molecule has 0 fully saturated rings. The number of alkyl halides is 3. The highest BCUT2D eigenvalue weighted by Gasteiger charge is 2.30. The lowest BCUT2D eigenvalue weighted by molar-refractivity contribution is -0.137. The fraction of sp³-hybridized carbons (Fsp3) is 0.133. The first kappa shape index (κ1) is 15.6. The third-order valence-electron chi connectivity index (χ3n) is 2.89. The minimum atomic E-state index is -4.43. The molecule has 0 heterocycles. The van der Waals surface area contributed by atoms with Crippen LogP contribution in [0.3, 0.4) is 0 Å². The van der Waals surface area contributed by atoms with Gasteiger partial charge in [-0.05, 0) is 35.4 Å². The average molecular weight is 359 g/mol. The highest BCUT2D eigenvalue weighted by molar-refractivity contribution is 9.10. The minimum absolute atomic E-state index is 0.200. The molecule has 21 heavy (non-hydrogen) atoms. The van der Waals surface area contributed by atoms with Gasteiger partial charge in [-0.3, -0.25) is 0 Å². The zero-order valence-electron chi connectivity index (χ0n) is 10.9. The number of esters is 1. The van der Waals surface area contributed by atoms with E-state index in [1.807, 2.05) is 0 Å². The van der Waals surface area contributed by atoms with Gasteiger partial charge < -0.3 is 4.74 Å². The molecule has 0 radical (unpaired) electrons. The van der Waals surface area contributed by atoms with E-state index in [1.165, 1.54) is 25.3 Å². The Morgan fingerprint density at radius 1 is 1.14 bits per heavy atom. The van der Waals surface area contributed by atoms with Crippen LogP contribution in [0.25, 0.3) is 11.1 Å². The number of benzene rings is 2. The quantitative estimate of drug-likeness (QED) is 0.712. The number of hydrogen-bond acceptors (Lipinski definition) is 2. The largest absolute Gasteiger partial charge is 0.465 e. The van der Waals surface area contributed by atoms with Crippen molar-refractivity contribution in [3.8, 4) is 11.1 Å². The smallest absolute Gasteiger partial charge is 0.416 e. The zero-order chi connectivity index (χ0) is 15.6. The van der Waals surface area contributed by atoms with E-state index in [4.69, 9.17) is 0 Å². The van der Waals surface area contributed by atoms with Gasteiger partial charge in [0.05, 0.1) is 18.2 Å². The second-order valence-corrected chi connectivity index (χ2v) is 5.18. The van der Waals surface area contributed by atoms with E-state index in [0.29, 0.717) is 15.6 Å². The van der Waals surface area contributed by atoms with Crippen LogP contribution in [-0.2, 0) is 10.9 Å². The lowest BCUT2D eigenvalue weighted by Gasteiger charge is -2.12. The molecule has 0 atom stereocenters. The summed E-state index contributed by atoms with van der Waals surface area (Å²) in [5, 5.41) is 0. The second-order valence-electron chi connectivity index (χ2n) is 4.26. The lowest BCUT2D eigenvalue weighted by Crippen LogP contribution is -2.06. The van der Waals surface area contributed by atoms with Gasteiger partial charge in [-0.25, -0.2) is 4.79 Å². The molecule has 0 aliphatic heterocycles. The van der Waals surface area contributed by atoms with Gasteiger partial charge in [-0.15, -0.1) is 0 Å². The van der Waals surface area contributed by atoms with Crippen LogP contribution in [0.4, 0.5) is 13.2 Å². The summed E-state index contributed by atoms with van der Waals surface area (Å²) in [4.78, 5) is 11.8. The molecule has 0 saturated carbocycles. The number of methoxy groups -OCH3 is 1. The minimum Gasteiger partial charge on any atom is -0.465 e. The molecular formula is C15H10BrF3O2. The number of carbonyl (C=O) groups is 1. The lowest BCUT2D eigenvalue weighted by atomic mass is 9.98. The Morgan fingerprint density at radius 3 is 2.48 bits per heavy atom. The molecule has 0 aliphatic rings. The van der Waals surface area contributed by atoms with E-state index in [0.717, 1.165) is 12.1 Å². The SMILES string of the molecule is COC(=O)c1cc(Br)ccc1-c1cccc(C(F)(F)F)c1. The van der Waals surface area contributed by atoms with Crippen molar-refractivity contribution in [1.82, 2.24) is 0 Å². The van der Waals surface area contributed by atoms with Crippen LogP contribution in [0.15, 0.2) is 46.9 Å². The number of halogens is 4. The summed E-state index contributed by atoms with van der Waals surface area (Å²) in [5.74, 6) is -0.608. The second kappa shape index (κ2) is 5.89. The van der Waals surface area contributed by atoms with E-state index in [-0.39, 0.29) is 5.56 Å². The normalized spacial score (nSPS) is 11.3. The maximum atomic E-state index is 12.8. The van der Waals surface area contributed by atoms with E-state index in [9.17, 15) is 18.0 Å². The molecule has 0 spiro atoms. The van der Waals surface area contributed by atoms with E-state index < -0.39 is 17.7 Å². The fourth-order valence-electron chi connectivity index (χ4n) is 1.91. The Balaban J connectivity index is 2.59. The van der Waals surface area contributed by atoms with Gasteiger partial charge in [-0.1, -0.05) is 34.1 Å². The Bertz CT molecular complexity index is 681. The van der Waals surface area contributed by atoms with E-state index in [2.05, 4.69) is 20.7 Å². The molecule has 0 bridgehead atoms. The summed E-state index contributed by atoms with van der Waals surface area (Å²) in [7, 11) is 1.22. The summed E-state index contributed by atoms with van der Waals surface area (Å²) in [6.45, 7) is 0. The van der Waals surface area contributed by atoms with Crippen LogP contribution in [0.5, 0.6) is 0 Å². The maximum absolute atomic E-state index is 12.8. The van der Waals surface area contributed by atoms with Gasteiger partial charge in [0.1, 0.15) is 0 Å². The Hall–Kier alpha value is -1.82. The van der Waals surface area contributed by atoms with Crippen LogP contribution in [0.1, 0.15) is 15.9 Å². The molecule has 0 aromatic heterocycles. The van der Waals surface area contributed by atoms with Crippen LogP contribution in [0, 0.1) is 0 Å². The first-order valence-electron chi connectivity index (χ1n) is 5.88. The monoisotopic (exact) mass is 358 g/mol. The number of rotatable bonds is 2. The number of carbonyl (C=O) groups excluding carboxylic acids is 1. The predicted octanol–water partition coefficient (Wildman–Crippen LogP) is 4.92. The van der Waals surface area contributed by atoms with Crippen molar-refractivity contribution in [3.63, 3.8) is 0 Å². The number of hydrogen-bond donors (Lipinski definition) is 0. The Kier molecular flexibility index (Phi) is 4.37. The van der Waals surface area contributed by atoms with Gasteiger partial charge >= 0.3 is 12.1 Å². The molecule has 2 rings (SSSR count). The first-order chi connectivity index (χ1) is 9.82. The summed E-state index contributed by atoms with van der Waals surface area (Å²) in [6, 6.07) is 9.57. The van der Waals surface area contributed by atoms with Crippen molar-refractivity contribution in [2.45, 2.75) is 6.18 Å². The highest BCUT2D eigenvalue weighted by atomic mass is 79.9. The molecule has 0 aliphatic carbocycles. The molecule has 0 amide bonds. The summed E-state index contributed by atoms with van der Waals surface area (Å²) >= 11 is 3.22. The summed E-state index contributed by atoms with van der Waals surface area (Å²) in [5.41, 5.74) is 0.124. The third-order valence-corrected chi connectivity index (χ3v) is 3.38. The van der Waals surface area contributed by atoms with Gasteiger partial charge in [0, 0.05) is 4.47 Å². The van der Waals surface area contributed by atoms with Crippen molar-refractivity contribution in [2.24, 2.45) is 0 Å². The van der Waals surface area contributed by atoms with Crippen LogP contribution >= 0.6 is 15.9 Å². The maximum Gasteiger partial charge on any atom is 0.416 e. The molecule has 2 nitrogen and oxygen atoms in total. The van der Waals surface area contributed by atoms with Crippen molar-refractivity contribution in [1.29, 1.82) is 0 Å². The van der Waals surface area contributed by atoms with Crippen molar-refractivity contribution in [3.05, 3.63) is 58.1 Å². The van der Waals surface area contributed by atoms with Crippen molar-refractivity contribution < 1.29 is 22.7 Å². The molecule has 0 unspecified atom stereocenters. The van der Waals surface area contributed by atoms with Gasteiger partial charge in [0.25, 0.3) is 0 Å². The third kappa shape index (κ3) is 3.44. The fourth-order valence-corrected chi connectivity index (χ4v) is 2.27. The highest BCUT2D eigenvalue weighted by Crippen LogP contribution is 2.34. The van der Waals surface area contributed by atoms with Crippen molar-refractivity contribution in [2.75, 3.05) is 7.11 Å². The van der Waals surface area contributed by atoms with Crippen LogP contribution in [0.2, 0.25) is 0 Å². The van der Waals surface area contributed by atoms with Gasteiger partial charge in [0.2, 0.25) is 0 Å². The standard InChI is InChI=1S/C15H10BrF3O2/c1-21-14(20)13-8-11(16)5-6-12(13)9-3-2-4-10(7-9)15(17,18)19/h2-8H,1H3. The molecule has 110 valence electrons. The average Bonchev–Trinajstić information content (AvgIpc) is 2.45. The number of ether oxygens (including phenoxy) is 1. The van der Waals surface area contributed by atoms with E-state index >= 15 is 0 Å². The summed E-state index contributed by atoms with van der Waals surface area (Å²) < 4.78 is 43.6. The van der Waals surface area contributed by atoms with Crippen molar-refractivity contribution >= 4 is 21.9 Å². The van der Waals surface area contributed by atoms with E-state index in [1.54, 1.807) is 12.1 Å². The predicted molar refractivity (Wildman–Crippen MR) is 75.9 cm³/mol. The molecule has 2 aromatic rings. The van der Waals surface area contributed by atoms with Gasteiger partial charge in [-0.2, -0.15) is 13.2 Å². The topological polar surface area (TPSA) is 26.3 Å². The Morgan fingerprint density at radius 2 is 1.86 bits per heavy atom. The van der Waals surface area contributed by atoms with Gasteiger partial charge in [0.15, 0.2) is 0 Å². The molecule has 6 heteroatoms. The summed E-state index contributed by atoms with van der Waals surface area (Å²) in [6.07, 6.45) is -4.43. The first-order valence-corrected chi connectivity index (χ1v) is 6.67. The van der Waals surface area contributed by atoms with Crippen LogP contribution in [-0.4, -0.2) is 13.1 Å². The molecule has 2 aromatic carbocycles. The van der Waals surface area contributed by atoms with Crippen LogP contribution < -0.4 is 0 Å². The molecule has 0 N–H and O–H groups in total. The molecular weight excluding hydrogens is 349 g/mol. The zero-order valence-corrected chi connectivity index (χ0v) is 12.5. The Labute approximate surface area is 127 Å². The molecule has 0 saturated heterocycles.